The van der Waals surface area contributed by atoms with Crippen molar-refractivity contribution < 1.29 is 4.42 Å². The van der Waals surface area contributed by atoms with E-state index in [0.29, 0.717) is 0 Å². The van der Waals surface area contributed by atoms with Crippen molar-refractivity contribution >= 4 is 6.08 Å². The van der Waals surface area contributed by atoms with Crippen molar-refractivity contribution in [3.63, 3.8) is 0 Å². The molecule has 0 amide bonds. The number of fused-ring (bicyclic) bond motifs is 1. The van der Waals surface area contributed by atoms with E-state index >= 15 is 0 Å². The minimum absolute atomic E-state index is 0.993. The van der Waals surface area contributed by atoms with E-state index in [4.69, 9.17) is 4.42 Å². The highest BCUT2D eigenvalue weighted by atomic mass is 16.3. The van der Waals surface area contributed by atoms with Crippen LogP contribution in [0.2, 0.25) is 0 Å². The fraction of sp³-hybridized carbons (Fsp3) is 0.250. The van der Waals surface area contributed by atoms with Crippen LogP contribution in [-0.2, 0) is 12.8 Å². The maximum atomic E-state index is 5.99. The molecule has 0 saturated heterocycles. The maximum Gasteiger partial charge on any atom is 0.135 e. The normalized spacial score (nSPS) is 14.4. The van der Waals surface area contributed by atoms with E-state index < -0.39 is 0 Å². The molecular weight excluding hydrogens is 208 g/mol. The van der Waals surface area contributed by atoms with E-state index in [0.717, 1.165) is 29.7 Å². The molecule has 0 saturated carbocycles. The Labute approximate surface area is 102 Å². The Morgan fingerprint density at radius 3 is 2.76 bits per heavy atom. The van der Waals surface area contributed by atoms with Crippen molar-refractivity contribution in [3.05, 3.63) is 53.8 Å². The highest BCUT2D eigenvalue weighted by Gasteiger charge is 2.16. The Morgan fingerprint density at radius 1 is 1.12 bits per heavy atom. The Balaban J connectivity index is 2.09. The van der Waals surface area contributed by atoms with Crippen LogP contribution in [0.1, 0.15) is 29.7 Å². The number of aryl methyl sites for hydroxylation is 2. The molecule has 0 aliphatic heterocycles. The second kappa shape index (κ2) is 4.25. The standard InChI is InChI=1S/C16H16O/c1-2-12-7-3-5-9-14(12)16-11-13-8-4-6-10-15(13)17-16/h2-3,5,7,9,11H,1,4,6,8,10H2. The largest absolute Gasteiger partial charge is 0.461 e. The zero-order valence-corrected chi connectivity index (χ0v) is 9.91. The van der Waals surface area contributed by atoms with Crippen molar-refractivity contribution in [2.75, 3.05) is 0 Å². The fourth-order valence-electron chi connectivity index (χ4n) is 2.52. The molecule has 1 heteroatoms. The number of benzene rings is 1. The predicted octanol–water partition coefficient (Wildman–Crippen LogP) is 4.47. The molecule has 1 aromatic carbocycles. The molecule has 0 atom stereocenters. The van der Waals surface area contributed by atoms with Crippen LogP contribution in [0, 0.1) is 0 Å². The third kappa shape index (κ3) is 1.82. The van der Waals surface area contributed by atoms with Gasteiger partial charge in [-0.05, 0) is 36.5 Å². The zero-order valence-electron chi connectivity index (χ0n) is 9.91. The highest BCUT2D eigenvalue weighted by molar-refractivity contribution is 5.72. The summed E-state index contributed by atoms with van der Waals surface area (Å²) in [6.07, 6.45) is 6.68. The number of hydrogen-bond acceptors (Lipinski definition) is 1. The Kier molecular flexibility index (Phi) is 2.60. The van der Waals surface area contributed by atoms with Gasteiger partial charge in [0.25, 0.3) is 0 Å². The second-order valence-corrected chi connectivity index (χ2v) is 4.56. The summed E-state index contributed by atoms with van der Waals surface area (Å²) in [5.74, 6) is 2.18. The van der Waals surface area contributed by atoms with E-state index in [1.807, 2.05) is 18.2 Å². The number of hydrogen-bond donors (Lipinski definition) is 0. The van der Waals surface area contributed by atoms with Gasteiger partial charge in [-0.15, -0.1) is 0 Å². The summed E-state index contributed by atoms with van der Waals surface area (Å²) < 4.78 is 5.99. The molecular formula is C16H16O. The van der Waals surface area contributed by atoms with E-state index in [1.165, 1.54) is 24.2 Å². The van der Waals surface area contributed by atoms with Gasteiger partial charge in [0, 0.05) is 12.0 Å². The van der Waals surface area contributed by atoms with Crippen LogP contribution in [0.3, 0.4) is 0 Å². The summed E-state index contributed by atoms with van der Waals surface area (Å²) in [5, 5.41) is 0. The Hall–Kier alpha value is -1.76. The quantitative estimate of drug-likeness (QED) is 0.733. The Morgan fingerprint density at radius 2 is 1.94 bits per heavy atom. The predicted molar refractivity (Wildman–Crippen MR) is 70.9 cm³/mol. The van der Waals surface area contributed by atoms with Crippen LogP contribution in [0.5, 0.6) is 0 Å². The molecule has 1 nitrogen and oxygen atoms in total. The van der Waals surface area contributed by atoms with Crippen LogP contribution in [0.25, 0.3) is 17.4 Å². The Bertz CT molecular complexity index is 525. The van der Waals surface area contributed by atoms with E-state index in [9.17, 15) is 0 Å². The summed E-state index contributed by atoms with van der Waals surface area (Å²) in [6, 6.07) is 10.5. The van der Waals surface area contributed by atoms with Gasteiger partial charge < -0.3 is 4.42 Å². The monoisotopic (exact) mass is 224 g/mol. The number of rotatable bonds is 2. The van der Waals surface area contributed by atoms with Crippen LogP contribution >= 0.6 is 0 Å². The maximum absolute atomic E-state index is 5.99. The molecule has 3 rings (SSSR count). The minimum Gasteiger partial charge on any atom is -0.461 e. The SMILES string of the molecule is C=Cc1ccccc1-c1cc2c(o1)CCCC2. The second-order valence-electron chi connectivity index (χ2n) is 4.56. The molecule has 0 radical (unpaired) electrons. The highest BCUT2D eigenvalue weighted by Crippen LogP contribution is 2.32. The number of furan rings is 1. The molecule has 0 fully saturated rings. The molecule has 0 spiro atoms. The van der Waals surface area contributed by atoms with Gasteiger partial charge in [-0.25, -0.2) is 0 Å². The smallest absolute Gasteiger partial charge is 0.135 e. The van der Waals surface area contributed by atoms with Crippen molar-refractivity contribution in [1.29, 1.82) is 0 Å². The summed E-state index contributed by atoms with van der Waals surface area (Å²) >= 11 is 0. The van der Waals surface area contributed by atoms with Crippen molar-refractivity contribution in [1.82, 2.24) is 0 Å². The summed E-state index contributed by atoms with van der Waals surface area (Å²) in [6.45, 7) is 3.86. The first kappa shape index (κ1) is 10.4. The van der Waals surface area contributed by atoms with Gasteiger partial charge in [-0.1, -0.05) is 36.9 Å². The third-order valence-corrected chi connectivity index (χ3v) is 3.44. The van der Waals surface area contributed by atoms with Gasteiger partial charge in [0.15, 0.2) is 0 Å². The van der Waals surface area contributed by atoms with Crippen LogP contribution in [0.15, 0.2) is 41.3 Å². The fourth-order valence-corrected chi connectivity index (χ4v) is 2.52. The minimum atomic E-state index is 0.993. The molecule has 1 aromatic heterocycles. The molecule has 17 heavy (non-hydrogen) atoms. The van der Waals surface area contributed by atoms with Crippen molar-refractivity contribution in [2.45, 2.75) is 25.7 Å². The van der Waals surface area contributed by atoms with E-state index in [2.05, 4.69) is 24.8 Å². The van der Waals surface area contributed by atoms with Gasteiger partial charge >= 0.3 is 0 Å². The van der Waals surface area contributed by atoms with Crippen molar-refractivity contribution in [3.8, 4) is 11.3 Å². The molecule has 0 unspecified atom stereocenters. The average molecular weight is 224 g/mol. The van der Waals surface area contributed by atoms with Crippen molar-refractivity contribution in [2.24, 2.45) is 0 Å². The average Bonchev–Trinajstić information content (AvgIpc) is 2.82. The molecule has 0 bridgehead atoms. The molecule has 0 N–H and O–H groups in total. The lowest BCUT2D eigenvalue weighted by Crippen LogP contribution is -1.97. The first-order valence-electron chi connectivity index (χ1n) is 6.22. The lowest BCUT2D eigenvalue weighted by Gasteiger charge is -2.07. The molecule has 2 aromatic rings. The summed E-state index contributed by atoms with van der Waals surface area (Å²) in [4.78, 5) is 0. The van der Waals surface area contributed by atoms with Crippen LogP contribution in [0.4, 0.5) is 0 Å². The lowest BCUT2D eigenvalue weighted by molar-refractivity contribution is 0.487. The van der Waals surface area contributed by atoms with Gasteiger partial charge in [-0.2, -0.15) is 0 Å². The third-order valence-electron chi connectivity index (χ3n) is 3.44. The first-order chi connectivity index (χ1) is 8.38. The van der Waals surface area contributed by atoms with Gasteiger partial charge in [0.2, 0.25) is 0 Å². The zero-order chi connectivity index (χ0) is 11.7. The first-order valence-corrected chi connectivity index (χ1v) is 6.22. The lowest BCUT2D eigenvalue weighted by atomic mass is 9.98. The summed E-state index contributed by atoms with van der Waals surface area (Å²) in [5.41, 5.74) is 3.68. The van der Waals surface area contributed by atoms with E-state index in [1.54, 1.807) is 0 Å². The molecule has 1 heterocycles. The van der Waals surface area contributed by atoms with Gasteiger partial charge in [0.05, 0.1) is 0 Å². The van der Waals surface area contributed by atoms with Gasteiger partial charge in [-0.3, -0.25) is 0 Å². The van der Waals surface area contributed by atoms with Crippen LogP contribution in [-0.4, -0.2) is 0 Å². The van der Waals surface area contributed by atoms with Crippen LogP contribution < -0.4 is 0 Å². The van der Waals surface area contributed by atoms with Gasteiger partial charge in [0.1, 0.15) is 11.5 Å². The molecule has 86 valence electrons. The molecule has 1 aliphatic rings. The molecule has 1 aliphatic carbocycles. The topological polar surface area (TPSA) is 13.1 Å². The van der Waals surface area contributed by atoms with E-state index in [-0.39, 0.29) is 0 Å². The summed E-state index contributed by atoms with van der Waals surface area (Å²) in [7, 11) is 0.